The predicted molar refractivity (Wildman–Crippen MR) is 70.1 cm³/mol. The van der Waals surface area contributed by atoms with Crippen LogP contribution in [0.25, 0.3) is 0 Å². The second-order valence-electron chi connectivity index (χ2n) is 5.64. The average Bonchev–Trinajstić information content (AvgIpc) is 2.40. The highest BCUT2D eigenvalue weighted by Crippen LogP contribution is 2.40. The molecule has 0 amide bonds. The molecule has 2 heterocycles. The van der Waals surface area contributed by atoms with Crippen molar-refractivity contribution in [2.75, 3.05) is 23.7 Å². The fourth-order valence-corrected chi connectivity index (χ4v) is 3.36. The third kappa shape index (κ3) is 2.25. The Morgan fingerprint density at radius 3 is 3.11 bits per heavy atom. The van der Waals surface area contributed by atoms with Gasteiger partial charge in [-0.05, 0) is 19.3 Å². The van der Waals surface area contributed by atoms with Crippen LogP contribution < -0.4 is 10.6 Å². The summed E-state index contributed by atoms with van der Waals surface area (Å²) in [6.45, 7) is 1.25. The van der Waals surface area contributed by atoms with Gasteiger partial charge in [0.15, 0.2) is 11.6 Å². The molecule has 19 heavy (non-hydrogen) atoms. The van der Waals surface area contributed by atoms with Crippen molar-refractivity contribution in [3.05, 3.63) is 12.0 Å². The number of hydrogen-bond acceptors (Lipinski definition) is 5. The SMILES string of the molecule is Nc1ncc(F)c(N2CCC3(O)CCCCC3C2)n1. The molecule has 1 aromatic rings. The molecule has 1 aromatic heterocycles. The number of aromatic nitrogens is 2. The molecule has 6 heteroatoms. The van der Waals surface area contributed by atoms with E-state index in [2.05, 4.69) is 9.97 Å². The van der Waals surface area contributed by atoms with Gasteiger partial charge in [-0.3, -0.25) is 0 Å². The Bertz CT molecular complexity index is 484. The lowest BCUT2D eigenvalue weighted by Gasteiger charge is -2.47. The summed E-state index contributed by atoms with van der Waals surface area (Å²) in [6, 6.07) is 0. The normalized spacial score (nSPS) is 31.1. The number of anilines is 2. The van der Waals surface area contributed by atoms with Gasteiger partial charge in [-0.1, -0.05) is 12.8 Å². The summed E-state index contributed by atoms with van der Waals surface area (Å²) >= 11 is 0. The molecular weight excluding hydrogens is 247 g/mol. The summed E-state index contributed by atoms with van der Waals surface area (Å²) < 4.78 is 13.8. The van der Waals surface area contributed by atoms with Crippen molar-refractivity contribution in [3.63, 3.8) is 0 Å². The van der Waals surface area contributed by atoms with E-state index in [9.17, 15) is 9.50 Å². The molecule has 1 saturated heterocycles. The van der Waals surface area contributed by atoms with E-state index in [1.165, 1.54) is 0 Å². The Kier molecular flexibility index (Phi) is 3.05. The first kappa shape index (κ1) is 12.6. The smallest absolute Gasteiger partial charge is 0.222 e. The molecule has 3 rings (SSSR count). The second-order valence-corrected chi connectivity index (χ2v) is 5.64. The summed E-state index contributed by atoms with van der Waals surface area (Å²) in [5.41, 5.74) is 4.96. The van der Waals surface area contributed by atoms with E-state index in [1.807, 2.05) is 4.90 Å². The highest BCUT2D eigenvalue weighted by Gasteiger charge is 2.43. The molecular formula is C13H19FN4O. The van der Waals surface area contributed by atoms with Gasteiger partial charge >= 0.3 is 0 Å². The molecule has 0 bridgehead atoms. The molecule has 0 spiro atoms. The van der Waals surface area contributed by atoms with Crippen LogP contribution in [0.4, 0.5) is 16.2 Å². The maximum atomic E-state index is 13.8. The highest BCUT2D eigenvalue weighted by atomic mass is 19.1. The lowest BCUT2D eigenvalue weighted by Crippen LogP contribution is -2.53. The minimum Gasteiger partial charge on any atom is -0.389 e. The molecule has 3 N–H and O–H groups in total. The predicted octanol–water partition coefficient (Wildman–Crippen LogP) is 1.33. The molecule has 1 aliphatic carbocycles. The van der Waals surface area contributed by atoms with Gasteiger partial charge in [-0.25, -0.2) is 9.37 Å². The second kappa shape index (κ2) is 4.59. The standard InChI is InChI=1S/C13H19FN4O/c14-10-7-16-12(15)17-11(10)18-6-5-13(19)4-2-1-3-9(13)8-18/h7,9,19H,1-6,8H2,(H2,15,16,17). The van der Waals surface area contributed by atoms with Crippen molar-refractivity contribution >= 4 is 11.8 Å². The fourth-order valence-electron chi connectivity index (χ4n) is 3.36. The van der Waals surface area contributed by atoms with Crippen LogP contribution in [0.15, 0.2) is 6.20 Å². The molecule has 2 fully saturated rings. The van der Waals surface area contributed by atoms with Crippen molar-refractivity contribution in [2.45, 2.75) is 37.7 Å². The van der Waals surface area contributed by atoms with E-state index >= 15 is 0 Å². The lowest BCUT2D eigenvalue weighted by molar-refractivity contribution is -0.0614. The Morgan fingerprint density at radius 1 is 1.42 bits per heavy atom. The third-order valence-electron chi connectivity index (χ3n) is 4.47. The van der Waals surface area contributed by atoms with Crippen LogP contribution in [-0.4, -0.2) is 33.8 Å². The van der Waals surface area contributed by atoms with Crippen molar-refractivity contribution in [1.82, 2.24) is 9.97 Å². The van der Waals surface area contributed by atoms with Crippen LogP contribution in [0.2, 0.25) is 0 Å². The van der Waals surface area contributed by atoms with E-state index in [1.54, 1.807) is 0 Å². The number of hydrogen-bond donors (Lipinski definition) is 2. The zero-order valence-electron chi connectivity index (χ0n) is 10.8. The van der Waals surface area contributed by atoms with E-state index in [0.717, 1.165) is 31.9 Å². The van der Waals surface area contributed by atoms with E-state index in [4.69, 9.17) is 5.73 Å². The summed E-state index contributed by atoms with van der Waals surface area (Å²) in [6.07, 6.45) is 5.85. The minimum atomic E-state index is -0.566. The van der Waals surface area contributed by atoms with Gasteiger partial charge in [0.25, 0.3) is 0 Å². The van der Waals surface area contributed by atoms with Gasteiger partial charge in [0.1, 0.15) is 0 Å². The maximum Gasteiger partial charge on any atom is 0.222 e. The average molecular weight is 266 g/mol. The zero-order valence-corrected chi connectivity index (χ0v) is 10.8. The Labute approximate surface area is 111 Å². The van der Waals surface area contributed by atoms with Crippen LogP contribution in [-0.2, 0) is 0 Å². The molecule has 2 unspecified atom stereocenters. The van der Waals surface area contributed by atoms with Gasteiger partial charge in [-0.2, -0.15) is 4.98 Å². The number of piperidine rings is 1. The Hall–Kier alpha value is -1.43. The molecule has 2 aliphatic rings. The van der Waals surface area contributed by atoms with Gasteiger partial charge < -0.3 is 15.7 Å². The van der Waals surface area contributed by atoms with Crippen molar-refractivity contribution < 1.29 is 9.50 Å². The molecule has 104 valence electrons. The van der Waals surface area contributed by atoms with Gasteiger partial charge in [-0.15, -0.1) is 0 Å². The number of nitrogen functional groups attached to an aromatic ring is 1. The zero-order chi connectivity index (χ0) is 13.5. The quantitative estimate of drug-likeness (QED) is 0.802. The topological polar surface area (TPSA) is 75.3 Å². The first-order chi connectivity index (χ1) is 9.08. The Balaban J connectivity index is 1.82. The summed E-state index contributed by atoms with van der Waals surface area (Å²) in [5, 5.41) is 10.6. The summed E-state index contributed by atoms with van der Waals surface area (Å²) in [7, 11) is 0. The van der Waals surface area contributed by atoms with E-state index < -0.39 is 11.4 Å². The first-order valence-corrected chi connectivity index (χ1v) is 6.84. The monoisotopic (exact) mass is 266 g/mol. The van der Waals surface area contributed by atoms with Crippen molar-refractivity contribution in [3.8, 4) is 0 Å². The van der Waals surface area contributed by atoms with Crippen LogP contribution >= 0.6 is 0 Å². The molecule has 5 nitrogen and oxygen atoms in total. The number of rotatable bonds is 1. The molecule has 2 atom stereocenters. The lowest BCUT2D eigenvalue weighted by atomic mass is 9.71. The van der Waals surface area contributed by atoms with Gasteiger partial charge in [0.2, 0.25) is 5.95 Å². The van der Waals surface area contributed by atoms with Gasteiger partial charge in [0.05, 0.1) is 11.8 Å². The van der Waals surface area contributed by atoms with Crippen LogP contribution in [0.1, 0.15) is 32.1 Å². The number of nitrogens with zero attached hydrogens (tertiary/aromatic N) is 3. The first-order valence-electron chi connectivity index (χ1n) is 6.84. The minimum absolute atomic E-state index is 0.0841. The highest BCUT2D eigenvalue weighted by molar-refractivity contribution is 5.43. The van der Waals surface area contributed by atoms with Crippen molar-refractivity contribution in [2.24, 2.45) is 5.92 Å². The number of aliphatic hydroxyl groups is 1. The number of nitrogens with two attached hydrogens (primary N) is 1. The fraction of sp³-hybridized carbons (Fsp3) is 0.692. The van der Waals surface area contributed by atoms with Crippen LogP contribution in [0.5, 0.6) is 0 Å². The molecule has 1 saturated carbocycles. The summed E-state index contributed by atoms with van der Waals surface area (Å²) in [4.78, 5) is 9.52. The third-order valence-corrected chi connectivity index (χ3v) is 4.47. The van der Waals surface area contributed by atoms with E-state index in [-0.39, 0.29) is 17.7 Å². The molecule has 1 aliphatic heterocycles. The largest absolute Gasteiger partial charge is 0.389 e. The number of fused-ring (bicyclic) bond motifs is 1. The van der Waals surface area contributed by atoms with Crippen LogP contribution in [0.3, 0.4) is 0 Å². The molecule has 0 aromatic carbocycles. The summed E-state index contributed by atoms with van der Waals surface area (Å²) in [5.74, 6) is 0.0991. The Morgan fingerprint density at radius 2 is 2.26 bits per heavy atom. The van der Waals surface area contributed by atoms with Crippen LogP contribution in [0, 0.1) is 11.7 Å². The van der Waals surface area contributed by atoms with E-state index in [0.29, 0.717) is 19.5 Å². The van der Waals surface area contributed by atoms with Gasteiger partial charge in [0, 0.05) is 19.0 Å². The maximum absolute atomic E-state index is 13.8. The molecule has 0 radical (unpaired) electrons. The van der Waals surface area contributed by atoms with Crippen molar-refractivity contribution in [1.29, 1.82) is 0 Å². The number of halogens is 1.